The minimum Gasteiger partial charge on any atom is -0.480 e. The minimum absolute atomic E-state index is 0.144. The van der Waals surface area contributed by atoms with Crippen LogP contribution in [0.1, 0.15) is 18.1 Å². The van der Waals surface area contributed by atoms with Crippen LogP contribution in [0.15, 0.2) is 53.4 Å². The van der Waals surface area contributed by atoms with Crippen LogP contribution >= 0.6 is 0 Å². The van der Waals surface area contributed by atoms with Crippen molar-refractivity contribution in [2.24, 2.45) is 0 Å². The summed E-state index contributed by atoms with van der Waals surface area (Å²) in [5.41, 5.74) is 1.05. The van der Waals surface area contributed by atoms with Crippen LogP contribution in [0.2, 0.25) is 0 Å². The highest BCUT2D eigenvalue weighted by molar-refractivity contribution is 7.90. The molecular formula is C18H19N3O7S. The number of nitro groups is 1. The zero-order valence-corrected chi connectivity index (χ0v) is 16.4. The Labute approximate surface area is 167 Å². The predicted octanol–water partition coefficient (Wildman–Crippen LogP) is 2.28. The van der Waals surface area contributed by atoms with Crippen LogP contribution in [0, 0.1) is 17.0 Å². The van der Waals surface area contributed by atoms with Crippen molar-refractivity contribution < 1.29 is 28.0 Å². The van der Waals surface area contributed by atoms with Gasteiger partial charge >= 0.3 is 12.0 Å². The number of rotatable bonds is 7. The molecule has 2 N–H and O–H groups in total. The highest BCUT2D eigenvalue weighted by Gasteiger charge is 2.29. The standard InChI is InChI=1S/C18H19N3O7S/c1-12-3-9-16(10-4-12)29(27,28)19-18(24)20(13(2)17(22)23)11-14-5-7-15(8-6-14)21(25)26/h3-10,13H,11H2,1-2H3,(H,19,24)(H,22,23). The number of aryl methyl sites for hydroxylation is 1. The number of nitro benzene ring substituents is 1. The number of amides is 2. The maximum Gasteiger partial charge on any atom is 0.332 e. The molecule has 0 aliphatic carbocycles. The molecule has 11 heteroatoms. The number of carbonyl (C=O) groups excluding carboxylic acids is 1. The number of hydrogen-bond acceptors (Lipinski definition) is 6. The molecule has 0 spiro atoms. The first-order chi connectivity index (χ1) is 13.5. The van der Waals surface area contributed by atoms with Crippen LogP contribution in [0.3, 0.4) is 0 Å². The lowest BCUT2D eigenvalue weighted by atomic mass is 10.1. The lowest BCUT2D eigenvalue weighted by Crippen LogP contribution is -2.49. The second-order valence-electron chi connectivity index (χ2n) is 6.29. The molecule has 0 aliphatic heterocycles. The zero-order chi connectivity index (χ0) is 21.8. The Morgan fingerprint density at radius 2 is 1.69 bits per heavy atom. The van der Waals surface area contributed by atoms with E-state index in [0.717, 1.165) is 10.5 Å². The summed E-state index contributed by atoms with van der Waals surface area (Å²) in [6.07, 6.45) is 0. The summed E-state index contributed by atoms with van der Waals surface area (Å²) >= 11 is 0. The quantitative estimate of drug-likeness (QED) is 0.515. The second kappa shape index (κ2) is 8.69. The van der Waals surface area contributed by atoms with Gasteiger partial charge in [-0.25, -0.2) is 22.7 Å². The average Bonchev–Trinajstić information content (AvgIpc) is 2.65. The van der Waals surface area contributed by atoms with Gasteiger partial charge in [-0.2, -0.15) is 0 Å². The molecule has 29 heavy (non-hydrogen) atoms. The molecule has 0 heterocycles. The van der Waals surface area contributed by atoms with E-state index >= 15 is 0 Å². The summed E-state index contributed by atoms with van der Waals surface area (Å²) in [5.74, 6) is -1.34. The van der Waals surface area contributed by atoms with Crippen molar-refractivity contribution in [3.63, 3.8) is 0 Å². The van der Waals surface area contributed by atoms with Gasteiger partial charge in [0.2, 0.25) is 0 Å². The van der Waals surface area contributed by atoms with Gasteiger partial charge in [-0.1, -0.05) is 29.8 Å². The molecule has 10 nitrogen and oxygen atoms in total. The van der Waals surface area contributed by atoms with Crippen LogP contribution in [0.25, 0.3) is 0 Å². The molecule has 2 aromatic rings. The first-order valence-electron chi connectivity index (χ1n) is 8.37. The van der Waals surface area contributed by atoms with Crippen LogP contribution in [0.5, 0.6) is 0 Å². The number of nitrogens with one attached hydrogen (secondary N) is 1. The average molecular weight is 421 g/mol. The van der Waals surface area contributed by atoms with Crippen molar-refractivity contribution in [3.05, 3.63) is 69.8 Å². The van der Waals surface area contributed by atoms with E-state index in [4.69, 9.17) is 0 Å². The van der Waals surface area contributed by atoms with Gasteiger partial charge in [0.15, 0.2) is 0 Å². The Hall–Kier alpha value is -3.47. The predicted molar refractivity (Wildman–Crippen MR) is 103 cm³/mol. The van der Waals surface area contributed by atoms with Gasteiger partial charge in [0.05, 0.1) is 9.82 Å². The van der Waals surface area contributed by atoms with Crippen LogP contribution < -0.4 is 4.72 Å². The van der Waals surface area contributed by atoms with Crippen molar-refractivity contribution in [2.45, 2.75) is 31.3 Å². The number of aliphatic carboxylic acids is 1. The fraction of sp³-hybridized carbons (Fsp3) is 0.222. The van der Waals surface area contributed by atoms with Crippen LogP contribution in [-0.4, -0.2) is 41.4 Å². The summed E-state index contributed by atoms with van der Waals surface area (Å²) in [4.78, 5) is 34.8. The first-order valence-corrected chi connectivity index (χ1v) is 9.86. The number of hydrogen-bond donors (Lipinski definition) is 2. The second-order valence-corrected chi connectivity index (χ2v) is 7.97. The Bertz CT molecular complexity index is 1020. The van der Waals surface area contributed by atoms with Crippen molar-refractivity contribution in [2.75, 3.05) is 0 Å². The number of non-ortho nitro benzene ring substituents is 1. The summed E-state index contributed by atoms with van der Waals surface area (Å²) in [5, 5.41) is 20.0. The van der Waals surface area contributed by atoms with E-state index in [0.29, 0.717) is 5.56 Å². The number of nitrogens with zero attached hydrogens (tertiary/aromatic N) is 2. The van der Waals surface area contributed by atoms with Gasteiger partial charge in [-0.15, -0.1) is 0 Å². The van der Waals surface area contributed by atoms with Gasteiger partial charge in [0, 0.05) is 18.7 Å². The third kappa shape index (κ3) is 5.51. The van der Waals surface area contributed by atoms with Crippen molar-refractivity contribution in [1.82, 2.24) is 9.62 Å². The van der Waals surface area contributed by atoms with E-state index < -0.39 is 33.0 Å². The number of benzene rings is 2. The highest BCUT2D eigenvalue weighted by Crippen LogP contribution is 2.16. The summed E-state index contributed by atoms with van der Waals surface area (Å²) < 4.78 is 26.7. The lowest BCUT2D eigenvalue weighted by molar-refractivity contribution is -0.384. The summed E-state index contributed by atoms with van der Waals surface area (Å²) in [6, 6.07) is 8.44. The Balaban J connectivity index is 2.26. The normalized spacial score (nSPS) is 12.1. The van der Waals surface area contributed by atoms with Gasteiger partial charge < -0.3 is 10.0 Å². The largest absolute Gasteiger partial charge is 0.480 e. The molecule has 0 fully saturated rings. The Morgan fingerprint density at radius 3 is 2.17 bits per heavy atom. The molecule has 154 valence electrons. The molecule has 0 saturated carbocycles. The molecule has 2 aromatic carbocycles. The molecule has 0 aliphatic rings. The van der Waals surface area contributed by atoms with E-state index in [1.807, 2.05) is 4.72 Å². The van der Waals surface area contributed by atoms with Gasteiger partial charge in [0.1, 0.15) is 6.04 Å². The van der Waals surface area contributed by atoms with Crippen LogP contribution in [-0.2, 0) is 21.4 Å². The Morgan fingerprint density at radius 1 is 1.14 bits per heavy atom. The third-order valence-electron chi connectivity index (χ3n) is 4.14. The molecule has 0 radical (unpaired) electrons. The zero-order valence-electron chi connectivity index (χ0n) is 15.6. The van der Waals surface area contributed by atoms with Gasteiger partial charge in [-0.05, 0) is 31.5 Å². The highest BCUT2D eigenvalue weighted by atomic mass is 32.2. The van der Waals surface area contributed by atoms with E-state index in [-0.39, 0.29) is 17.1 Å². The fourth-order valence-corrected chi connectivity index (χ4v) is 3.35. The molecule has 0 bridgehead atoms. The maximum absolute atomic E-state index is 12.6. The maximum atomic E-state index is 12.6. The smallest absolute Gasteiger partial charge is 0.332 e. The number of carboxylic acids is 1. The minimum atomic E-state index is -4.21. The molecule has 1 atom stereocenters. The number of carbonyl (C=O) groups is 2. The third-order valence-corrected chi connectivity index (χ3v) is 5.47. The molecule has 2 rings (SSSR count). The van der Waals surface area contributed by atoms with Crippen molar-refractivity contribution in [1.29, 1.82) is 0 Å². The van der Waals surface area contributed by atoms with E-state index in [9.17, 15) is 33.2 Å². The monoisotopic (exact) mass is 421 g/mol. The van der Waals surface area contributed by atoms with Gasteiger partial charge in [0.25, 0.3) is 15.7 Å². The van der Waals surface area contributed by atoms with E-state index in [1.54, 1.807) is 19.1 Å². The molecule has 0 aromatic heterocycles. The van der Waals surface area contributed by atoms with Crippen LogP contribution in [0.4, 0.5) is 10.5 Å². The lowest BCUT2D eigenvalue weighted by Gasteiger charge is -2.26. The molecule has 0 saturated heterocycles. The number of sulfonamides is 1. The first kappa shape index (κ1) is 21.8. The topological polar surface area (TPSA) is 147 Å². The molecular weight excluding hydrogens is 402 g/mol. The molecule has 2 amide bonds. The summed E-state index contributed by atoms with van der Waals surface area (Å²) in [7, 11) is -4.21. The van der Waals surface area contributed by atoms with Gasteiger partial charge in [-0.3, -0.25) is 10.1 Å². The Kier molecular flexibility index (Phi) is 6.54. The van der Waals surface area contributed by atoms with E-state index in [1.165, 1.54) is 43.3 Å². The van der Waals surface area contributed by atoms with E-state index in [2.05, 4.69) is 0 Å². The number of carboxylic acid groups (broad SMARTS) is 1. The fourth-order valence-electron chi connectivity index (χ4n) is 2.39. The van der Waals surface area contributed by atoms with Crippen molar-refractivity contribution in [3.8, 4) is 0 Å². The molecule has 1 unspecified atom stereocenters. The number of urea groups is 1. The SMILES string of the molecule is Cc1ccc(S(=O)(=O)NC(=O)N(Cc2ccc([N+](=O)[O-])cc2)C(C)C(=O)O)cc1. The van der Waals surface area contributed by atoms with Crippen molar-refractivity contribution >= 4 is 27.7 Å². The summed E-state index contributed by atoms with van der Waals surface area (Å²) in [6.45, 7) is 2.74.